The fourth-order valence-electron chi connectivity index (χ4n) is 3.24. The van der Waals surface area contributed by atoms with E-state index >= 15 is 0 Å². The van der Waals surface area contributed by atoms with Crippen LogP contribution in [0.3, 0.4) is 0 Å². The number of alkyl halides is 2. The van der Waals surface area contributed by atoms with Gasteiger partial charge in [-0.25, -0.2) is 23.4 Å². The van der Waals surface area contributed by atoms with Gasteiger partial charge in [0.2, 0.25) is 0 Å². The zero-order chi connectivity index (χ0) is 19.7. The van der Waals surface area contributed by atoms with Crippen molar-refractivity contribution in [3.05, 3.63) is 46.4 Å². The van der Waals surface area contributed by atoms with Gasteiger partial charge in [0, 0.05) is 37.8 Å². The standard InChI is InChI=1S/C17H16ClF2N7O/c18-15-13(8-24-27(17(15)28)9-14(19)20)25-3-5-26(6-4-25)16-11-1-2-21-7-12(11)22-10-23-16/h1-2,7-8,10,14H,3-6,9H2. The summed E-state index contributed by atoms with van der Waals surface area (Å²) < 4.78 is 25.7. The molecule has 0 aromatic carbocycles. The predicted octanol–water partition coefficient (Wildman–Crippen LogP) is 1.83. The Morgan fingerprint density at radius 2 is 1.86 bits per heavy atom. The van der Waals surface area contributed by atoms with Crippen molar-refractivity contribution in [3.63, 3.8) is 0 Å². The number of fused-ring (bicyclic) bond motifs is 1. The molecule has 1 aliphatic rings. The van der Waals surface area contributed by atoms with Gasteiger partial charge in [-0.1, -0.05) is 11.6 Å². The molecule has 1 fully saturated rings. The highest BCUT2D eigenvalue weighted by molar-refractivity contribution is 6.33. The number of pyridine rings is 1. The van der Waals surface area contributed by atoms with Crippen molar-refractivity contribution in [2.45, 2.75) is 13.0 Å². The lowest BCUT2D eigenvalue weighted by atomic mass is 10.2. The van der Waals surface area contributed by atoms with Gasteiger partial charge in [0.25, 0.3) is 12.0 Å². The van der Waals surface area contributed by atoms with E-state index in [-0.39, 0.29) is 5.02 Å². The van der Waals surface area contributed by atoms with Crippen LogP contribution in [-0.4, -0.2) is 57.3 Å². The molecular weight excluding hydrogens is 392 g/mol. The first-order valence-corrected chi connectivity index (χ1v) is 9.01. The predicted molar refractivity (Wildman–Crippen MR) is 101 cm³/mol. The Kier molecular flexibility index (Phi) is 5.03. The fraction of sp³-hybridized carbons (Fsp3) is 0.353. The van der Waals surface area contributed by atoms with Crippen molar-refractivity contribution < 1.29 is 8.78 Å². The quantitative estimate of drug-likeness (QED) is 0.652. The molecule has 0 unspecified atom stereocenters. The van der Waals surface area contributed by atoms with Crippen LogP contribution < -0.4 is 15.4 Å². The van der Waals surface area contributed by atoms with Crippen LogP contribution in [-0.2, 0) is 6.54 Å². The molecule has 3 aromatic rings. The minimum absolute atomic E-state index is 0.0948. The molecule has 8 nitrogen and oxygen atoms in total. The molecule has 28 heavy (non-hydrogen) atoms. The molecule has 0 aliphatic carbocycles. The molecule has 11 heteroatoms. The second-order valence-electron chi connectivity index (χ2n) is 6.29. The Bertz CT molecular complexity index is 1050. The maximum absolute atomic E-state index is 12.5. The van der Waals surface area contributed by atoms with Gasteiger partial charge in [0.1, 0.15) is 23.7 Å². The van der Waals surface area contributed by atoms with Gasteiger partial charge in [-0.3, -0.25) is 9.78 Å². The van der Waals surface area contributed by atoms with E-state index in [0.29, 0.717) is 36.5 Å². The number of piperazine rings is 1. The highest BCUT2D eigenvalue weighted by Gasteiger charge is 2.23. The summed E-state index contributed by atoms with van der Waals surface area (Å²) in [5, 5.41) is 4.65. The van der Waals surface area contributed by atoms with E-state index in [0.717, 1.165) is 16.7 Å². The molecule has 1 saturated heterocycles. The van der Waals surface area contributed by atoms with E-state index in [4.69, 9.17) is 11.6 Å². The summed E-state index contributed by atoms with van der Waals surface area (Å²) in [7, 11) is 0. The third kappa shape index (κ3) is 3.47. The zero-order valence-corrected chi connectivity index (χ0v) is 15.4. The van der Waals surface area contributed by atoms with Crippen LogP contribution in [0.25, 0.3) is 10.9 Å². The van der Waals surface area contributed by atoms with Crippen LogP contribution in [0.1, 0.15) is 0 Å². The van der Waals surface area contributed by atoms with E-state index in [1.54, 1.807) is 12.4 Å². The Morgan fingerprint density at radius 1 is 1.11 bits per heavy atom. The lowest BCUT2D eigenvalue weighted by molar-refractivity contribution is 0.119. The van der Waals surface area contributed by atoms with Crippen molar-refractivity contribution >= 4 is 34.0 Å². The first-order chi connectivity index (χ1) is 13.5. The lowest BCUT2D eigenvalue weighted by Crippen LogP contribution is -2.47. The van der Waals surface area contributed by atoms with E-state index < -0.39 is 18.5 Å². The summed E-state index contributed by atoms with van der Waals surface area (Å²) >= 11 is 6.15. The summed E-state index contributed by atoms with van der Waals surface area (Å²) in [6.45, 7) is 1.67. The van der Waals surface area contributed by atoms with Crippen molar-refractivity contribution in [2.24, 2.45) is 0 Å². The van der Waals surface area contributed by atoms with Crippen LogP contribution in [0, 0.1) is 0 Å². The Hall–Kier alpha value is -2.88. The number of hydrogen-bond acceptors (Lipinski definition) is 7. The lowest BCUT2D eigenvalue weighted by Gasteiger charge is -2.37. The van der Waals surface area contributed by atoms with Crippen molar-refractivity contribution in [1.29, 1.82) is 0 Å². The molecule has 0 atom stereocenters. The summed E-state index contributed by atoms with van der Waals surface area (Å²) in [5.41, 5.74) is 0.509. The van der Waals surface area contributed by atoms with Crippen LogP contribution in [0.4, 0.5) is 20.3 Å². The molecule has 146 valence electrons. The first-order valence-electron chi connectivity index (χ1n) is 8.63. The van der Waals surface area contributed by atoms with Crippen molar-refractivity contribution in [1.82, 2.24) is 24.7 Å². The monoisotopic (exact) mass is 407 g/mol. The molecule has 4 rings (SSSR count). The van der Waals surface area contributed by atoms with Gasteiger partial charge in [-0.2, -0.15) is 5.10 Å². The molecule has 0 N–H and O–H groups in total. The Balaban J connectivity index is 1.53. The Labute approximate surface area is 163 Å². The van der Waals surface area contributed by atoms with E-state index in [9.17, 15) is 13.6 Å². The number of nitrogens with zero attached hydrogens (tertiary/aromatic N) is 7. The molecule has 0 radical (unpaired) electrons. The maximum Gasteiger partial charge on any atom is 0.287 e. The average molecular weight is 408 g/mol. The highest BCUT2D eigenvalue weighted by atomic mass is 35.5. The number of halogens is 3. The van der Waals surface area contributed by atoms with E-state index in [1.165, 1.54) is 12.5 Å². The van der Waals surface area contributed by atoms with E-state index in [1.807, 2.05) is 11.0 Å². The summed E-state index contributed by atoms with van der Waals surface area (Å²) in [6.07, 6.45) is 3.60. The second kappa shape index (κ2) is 7.63. The average Bonchev–Trinajstić information content (AvgIpc) is 2.71. The molecule has 0 bridgehead atoms. The minimum atomic E-state index is -2.67. The number of anilines is 2. The van der Waals surface area contributed by atoms with Crippen molar-refractivity contribution in [2.75, 3.05) is 36.0 Å². The summed E-state index contributed by atoms with van der Waals surface area (Å²) in [4.78, 5) is 28.9. The summed E-state index contributed by atoms with van der Waals surface area (Å²) in [5.74, 6) is 0.823. The molecule has 0 saturated carbocycles. The normalized spacial score (nSPS) is 14.9. The minimum Gasteiger partial charge on any atom is -0.365 e. The van der Waals surface area contributed by atoms with Gasteiger partial charge in [-0.15, -0.1) is 0 Å². The molecule has 0 amide bonds. The smallest absolute Gasteiger partial charge is 0.287 e. The third-order valence-electron chi connectivity index (χ3n) is 4.62. The van der Waals surface area contributed by atoms with Crippen LogP contribution >= 0.6 is 11.6 Å². The fourth-order valence-corrected chi connectivity index (χ4v) is 3.51. The van der Waals surface area contributed by atoms with Gasteiger partial charge in [-0.05, 0) is 6.07 Å². The molecular formula is C17H16ClF2N7O. The highest BCUT2D eigenvalue weighted by Crippen LogP contribution is 2.26. The number of rotatable bonds is 4. The van der Waals surface area contributed by atoms with Gasteiger partial charge in [0.05, 0.1) is 23.6 Å². The van der Waals surface area contributed by atoms with Crippen LogP contribution in [0.5, 0.6) is 0 Å². The van der Waals surface area contributed by atoms with Crippen LogP contribution in [0.15, 0.2) is 35.8 Å². The number of hydrogen-bond donors (Lipinski definition) is 0. The number of aromatic nitrogens is 5. The van der Waals surface area contributed by atoms with Gasteiger partial charge in [0.15, 0.2) is 0 Å². The first kappa shape index (κ1) is 18.5. The zero-order valence-electron chi connectivity index (χ0n) is 14.7. The van der Waals surface area contributed by atoms with Crippen molar-refractivity contribution in [3.8, 4) is 0 Å². The van der Waals surface area contributed by atoms with Gasteiger partial charge < -0.3 is 9.80 Å². The van der Waals surface area contributed by atoms with Gasteiger partial charge >= 0.3 is 0 Å². The molecule has 3 aromatic heterocycles. The maximum atomic E-state index is 12.5. The SMILES string of the molecule is O=c1c(Cl)c(N2CCN(c3ncnc4cnccc34)CC2)cnn1CC(F)F. The van der Waals surface area contributed by atoms with E-state index in [2.05, 4.69) is 25.0 Å². The third-order valence-corrected chi connectivity index (χ3v) is 4.97. The van der Waals surface area contributed by atoms with Crippen LogP contribution in [0.2, 0.25) is 5.02 Å². The molecule has 0 spiro atoms. The second-order valence-corrected chi connectivity index (χ2v) is 6.66. The molecule has 1 aliphatic heterocycles. The topological polar surface area (TPSA) is 80.0 Å². The largest absolute Gasteiger partial charge is 0.365 e. The Morgan fingerprint density at radius 3 is 2.61 bits per heavy atom. The molecule has 4 heterocycles. The summed E-state index contributed by atoms with van der Waals surface area (Å²) in [6, 6.07) is 1.88.